The quantitative estimate of drug-likeness (QED) is 0.907. The van der Waals surface area contributed by atoms with Gasteiger partial charge in [-0.15, -0.1) is 11.3 Å². The van der Waals surface area contributed by atoms with Gasteiger partial charge in [-0.3, -0.25) is 0 Å². The van der Waals surface area contributed by atoms with Crippen LogP contribution in [0.15, 0.2) is 12.3 Å². The first-order valence-electron chi connectivity index (χ1n) is 5.21. The second kappa shape index (κ2) is 5.00. The second-order valence-electron chi connectivity index (χ2n) is 3.70. The Hall–Kier alpha value is -1.90. The molecule has 9 heteroatoms. The van der Waals surface area contributed by atoms with E-state index >= 15 is 0 Å². The summed E-state index contributed by atoms with van der Waals surface area (Å²) in [6, 6.07) is 1.25. The monoisotopic (exact) mass is 289 g/mol. The molecule has 2 heterocycles. The van der Waals surface area contributed by atoms with Crippen LogP contribution in [0.2, 0.25) is 0 Å². The van der Waals surface area contributed by atoms with Crippen molar-refractivity contribution >= 4 is 23.0 Å². The van der Waals surface area contributed by atoms with Crippen LogP contribution in [0.1, 0.15) is 15.7 Å². The van der Waals surface area contributed by atoms with E-state index in [0.29, 0.717) is 6.54 Å². The zero-order valence-corrected chi connectivity index (χ0v) is 10.6. The Morgan fingerprint density at radius 1 is 1.37 bits per heavy atom. The second-order valence-corrected chi connectivity index (χ2v) is 5.02. The van der Waals surface area contributed by atoms with Crippen molar-refractivity contribution in [3.63, 3.8) is 0 Å². The van der Waals surface area contributed by atoms with Crippen LogP contribution in [0.4, 0.5) is 24.8 Å². The number of aromatic nitrogens is 3. The van der Waals surface area contributed by atoms with Crippen LogP contribution in [-0.4, -0.2) is 15.0 Å². The van der Waals surface area contributed by atoms with Gasteiger partial charge >= 0.3 is 6.18 Å². The number of hydrogen-bond donors (Lipinski definition) is 2. The molecule has 0 aliphatic carbocycles. The van der Waals surface area contributed by atoms with Gasteiger partial charge in [0.1, 0.15) is 11.6 Å². The van der Waals surface area contributed by atoms with E-state index in [1.807, 2.05) is 6.92 Å². The molecule has 2 rings (SSSR count). The summed E-state index contributed by atoms with van der Waals surface area (Å²) >= 11 is 1.45. The number of nitrogens with zero attached hydrogens (tertiary/aromatic N) is 3. The summed E-state index contributed by atoms with van der Waals surface area (Å²) in [7, 11) is 0. The largest absolute Gasteiger partial charge is 0.451 e. The van der Waals surface area contributed by atoms with Crippen LogP contribution in [0.3, 0.4) is 0 Å². The molecule has 0 atom stereocenters. The van der Waals surface area contributed by atoms with Crippen LogP contribution in [-0.2, 0) is 12.7 Å². The molecule has 0 amide bonds. The molecular weight excluding hydrogens is 279 g/mol. The number of rotatable bonds is 3. The fraction of sp³-hybridized carbons (Fsp3) is 0.300. The van der Waals surface area contributed by atoms with Crippen molar-refractivity contribution < 1.29 is 13.2 Å². The molecule has 0 saturated carbocycles. The Morgan fingerprint density at radius 3 is 2.68 bits per heavy atom. The lowest BCUT2D eigenvalue weighted by Gasteiger charge is -2.09. The first kappa shape index (κ1) is 13.5. The third-order valence-electron chi connectivity index (χ3n) is 2.11. The Kier molecular flexibility index (Phi) is 3.56. The van der Waals surface area contributed by atoms with Crippen molar-refractivity contribution in [3.8, 4) is 0 Å². The van der Waals surface area contributed by atoms with E-state index in [1.54, 1.807) is 6.20 Å². The summed E-state index contributed by atoms with van der Waals surface area (Å²) in [5.74, 6) is -1.45. The van der Waals surface area contributed by atoms with E-state index in [9.17, 15) is 13.2 Å². The van der Waals surface area contributed by atoms with Crippen LogP contribution < -0.4 is 11.1 Å². The van der Waals surface area contributed by atoms with E-state index in [1.165, 1.54) is 17.4 Å². The van der Waals surface area contributed by atoms with Gasteiger partial charge in [-0.05, 0) is 6.92 Å². The Labute approximate surface area is 110 Å². The Morgan fingerprint density at radius 2 is 2.11 bits per heavy atom. The summed E-state index contributed by atoms with van der Waals surface area (Å²) in [4.78, 5) is 11.5. The fourth-order valence-electron chi connectivity index (χ4n) is 1.35. The molecular formula is C10H10F3N5S. The molecule has 0 spiro atoms. The average Bonchev–Trinajstić information content (AvgIpc) is 2.71. The molecule has 2 aromatic rings. The topological polar surface area (TPSA) is 76.7 Å². The fourth-order valence-corrected chi connectivity index (χ4v) is 2.08. The highest BCUT2D eigenvalue weighted by molar-refractivity contribution is 7.11. The van der Waals surface area contributed by atoms with Crippen molar-refractivity contribution in [2.75, 3.05) is 11.1 Å². The van der Waals surface area contributed by atoms with E-state index in [0.717, 1.165) is 9.88 Å². The van der Waals surface area contributed by atoms with Crippen molar-refractivity contribution in [2.45, 2.75) is 19.6 Å². The predicted molar refractivity (Wildman–Crippen MR) is 65.6 cm³/mol. The molecule has 5 nitrogen and oxygen atoms in total. The number of alkyl halides is 3. The van der Waals surface area contributed by atoms with Gasteiger partial charge in [-0.2, -0.15) is 13.2 Å². The van der Waals surface area contributed by atoms with Crippen molar-refractivity contribution in [2.24, 2.45) is 0 Å². The molecule has 0 aliphatic heterocycles. The standard InChI is InChI=1S/C10H10F3N5S/c1-5-15-3-6(19-5)4-16-8-2-7(14)17-9(18-8)10(11,12)13/h2-3H,4H2,1H3,(H3,14,16,17,18). The lowest BCUT2D eigenvalue weighted by Crippen LogP contribution is -2.14. The van der Waals surface area contributed by atoms with Crippen LogP contribution in [0.5, 0.6) is 0 Å². The molecule has 0 aromatic carbocycles. The molecule has 19 heavy (non-hydrogen) atoms. The highest BCUT2D eigenvalue weighted by Crippen LogP contribution is 2.27. The number of anilines is 2. The van der Waals surface area contributed by atoms with E-state index in [4.69, 9.17) is 5.73 Å². The summed E-state index contributed by atoms with van der Waals surface area (Å²) in [5, 5.41) is 3.65. The molecule has 2 aromatic heterocycles. The van der Waals surface area contributed by atoms with Gasteiger partial charge in [0.2, 0.25) is 5.82 Å². The highest BCUT2D eigenvalue weighted by Gasteiger charge is 2.35. The zero-order chi connectivity index (χ0) is 14.0. The molecule has 0 radical (unpaired) electrons. The number of nitrogens with one attached hydrogen (secondary N) is 1. The SMILES string of the molecule is Cc1ncc(CNc2cc(N)nc(C(F)(F)F)n2)s1. The van der Waals surface area contributed by atoms with Gasteiger partial charge in [-0.1, -0.05) is 0 Å². The highest BCUT2D eigenvalue weighted by atomic mass is 32.1. The number of thiazole rings is 1. The lowest BCUT2D eigenvalue weighted by atomic mass is 10.4. The number of aryl methyl sites for hydroxylation is 1. The maximum Gasteiger partial charge on any atom is 0.451 e. The average molecular weight is 289 g/mol. The number of hydrogen-bond acceptors (Lipinski definition) is 6. The third-order valence-corrected chi connectivity index (χ3v) is 3.03. The molecule has 0 unspecified atom stereocenters. The van der Waals surface area contributed by atoms with E-state index in [2.05, 4.69) is 20.3 Å². The smallest absolute Gasteiger partial charge is 0.384 e. The van der Waals surface area contributed by atoms with Crippen LogP contribution >= 0.6 is 11.3 Å². The van der Waals surface area contributed by atoms with Crippen LogP contribution in [0, 0.1) is 6.92 Å². The minimum absolute atomic E-state index is 0.0332. The van der Waals surface area contributed by atoms with Gasteiger partial charge in [-0.25, -0.2) is 15.0 Å². The van der Waals surface area contributed by atoms with E-state index < -0.39 is 12.0 Å². The summed E-state index contributed by atoms with van der Waals surface area (Å²) in [6.45, 7) is 2.18. The zero-order valence-electron chi connectivity index (χ0n) is 9.82. The first-order chi connectivity index (χ1) is 8.84. The summed E-state index contributed by atoms with van der Waals surface area (Å²) in [6.07, 6.45) is -2.96. The van der Waals surface area contributed by atoms with Gasteiger partial charge in [0.25, 0.3) is 0 Å². The molecule has 0 aliphatic rings. The molecule has 0 saturated heterocycles. The Balaban J connectivity index is 2.14. The summed E-state index contributed by atoms with van der Waals surface area (Å²) in [5.41, 5.74) is 5.33. The first-order valence-corrected chi connectivity index (χ1v) is 6.03. The van der Waals surface area contributed by atoms with E-state index in [-0.39, 0.29) is 11.6 Å². The number of nitrogens with two attached hydrogens (primary N) is 1. The predicted octanol–water partition coefficient (Wildman–Crippen LogP) is 2.45. The third kappa shape index (κ3) is 3.53. The molecule has 0 fully saturated rings. The molecule has 3 N–H and O–H groups in total. The van der Waals surface area contributed by atoms with Crippen LogP contribution in [0.25, 0.3) is 0 Å². The van der Waals surface area contributed by atoms with Gasteiger partial charge in [0.05, 0.1) is 11.6 Å². The van der Waals surface area contributed by atoms with Gasteiger partial charge in [0.15, 0.2) is 0 Å². The minimum atomic E-state index is -4.62. The van der Waals surface area contributed by atoms with Crippen molar-refractivity contribution in [1.29, 1.82) is 0 Å². The van der Waals surface area contributed by atoms with Gasteiger partial charge < -0.3 is 11.1 Å². The molecule has 102 valence electrons. The maximum absolute atomic E-state index is 12.5. The van der Waals surface area contributed by atoms with Crippen molar-refractivity contribution in [3.05, 3.63) is 28.0 Å². The number of halogens is 3. The lowest BCUT2D eigenvalue weighted by molar-refractivity contribution is -0.144. The van der Waals surface area contributed by atoms with Crippen molar-refractivity contribution in [1.82, 2.24) is 15.0 Å². The minimum Gasteiger partial charge on any atom is -0.384 e. The van der Waals surface area contributed by atoms with Gasteiger partial charge in [0, 0.05) is 17.1 Å². The maximum atomic E-state index is 12.5. The number of nitrogen functional groups attached to an aromatic ring is 1. The molecule has 0 bridgehead atoms. The summed E-state index contributed by atoms with van der Waals surface area (Å²) < 4.78 is 37.5. The normalized spacial score (nSPS) is 11.6. The Bertz CT molecular complexity index is 581.